The summed E-state index contributed by atoms with van der Waals surface area (Å²) in [5.74, 6) is 0. The standard InChI is InChI=1S/C39H33BN2/c1-30-17-7-2-16-26-38(41(32-18-8-3-9-19-32)33-20-10-4-11-21-33)37-29-31(40)27-28-36(37)39(30)42(34-22-12-5-13-23-34)35-24-14-6-15-25-35/h2-25,27-29H,1,26,40H2/b16-2-,17-7-,38-37+,39-36-. The van der Waals surface area contributed by atoms with Gasteiger partial charge in [0.1, 0.15) is 7.85 Å². The molecule has 0 heterocycles. The zero-order valence-corrected chi connectivity index (χ0v) is 23.9. The minimum absolute atomic E-state index is 0.751. The molecule has 0 saturated heterocycles. The fourth-order valence-electron chi connectivity index (χ4n) is 5.55. The number of anilines is 4. The molecule has 0 bridgehead atoms. The maximum absolute atomic E-state index is 4.63. The van der Waals surface area contributed by atoms with Gasteiger partial charge in [0.15, 0.2) is 0 Å². The van der Waals surface area contributed by atoms with Gasteiger partial charge in [-0.1, -0.05) is 127 Å². The van der Waals surface area contributed by atoms with Crippen LogP contribution in [0.4, 0.5) is 22.7 Å². The second-order valence-electron chi connectivity index (χ2n) is 10.4. The zero-order valence-electron chi connectivity index (χ0n) is 23.9. The molecule has 2 nitrogen and oxygen atoms in total. The Labute approximate surface area is 249 Å². The fraction of sp³-hybridized carbons (Fsp3) is 0.0256. The van der Waals surface area contributed by atoms with Crippen LogP contribution >= 0.6 is 0 Å². The molecule has 0 aliphatic heterocycles. The Morgan fingerprint density at radius 3 is 1.50 bits per heavy atom. The van der Waals surface area contributed by atoms with Crippen molar-refractivity contribution >= 4 is 47.5 Å². The Morgan fingerprint density at radius 1 is 0.524 bits per heavy atom. The lowest BCUT2D eigenvalue weighted by molar-refractivity contribution is 1.18. The van der Waals surface area contributed by atoms with Gasteiger partial charge in [0, 0.05) is 45.3 Å². The van der Waals surface area contributed by atoms with Crippen LogP contribution in [-0.4, -0.2) is 7.85 Å². The topological polar surface area (TPSA) is 6.48 Å². The molecule has 0 fully saturated rings. The minimum atomic E-state index is 0.751. The predicted octanol–water partition coefficient (Wildman–Crippen LogP) is 6.91. The molecule has 6 rings (SSSR count). The van der Waals surface area contributed by atoms with E-state index < -0.39 is 0 Å². The number of para-hydroxylation sites is 4. The van der Waals surface area contributed by atoms with Crippen molar-refractivity contribution in [2.24, 2.45) is 0 Å². The first-order valence-electron chi connectivity index (χ1n) is 14.4. The highest BCUT2D eigenvalue weighted by Crippen LogP contribution is 2.34. The minimum Gasteiger partial charge on any atom is -0.313 e. The van der Waals surface area contributed by atoms with E-state index in [1.54, 1.807) is 0 Å². The normalized spacial score (nSPS) is 17.1. The van der Waals surface area contributed by atoms with Crippen LogP contribution in [-0.2, 0) is 0 Å². The van der Waals surface area contributed by atoms with E-state index in [0.29, 0.717) is 0 Å². The first-order valence-corrected chi connectivity index (χ1v) is 14.4. The molecule has 0 N–H and O–H groups in total. The largest absolute Gasteiger partial charge is 0.313 e. The van der Waals surface area contributed by atoms with Gasteiger partial charge in [0.25, 0.3) is 0 Å². The van der Waals surface area contributed by atoms with Crippen LogP contribution in [0.2, 0.25) is 0 Å². The number of fused-ring (bicyclic) bond motifs is 1. The van der Waals surface area contributed by atoms with Gasteiger partial charge >= 0.3 is 0 Å². The molecule has 0 atom stereocenters. The summed E-state index contributed by atoms with van der Waals surface area (Å²) in [6.07, 6.45) is 9.34. The lowest BCUT2D eigenvalue weighted by Gasteiger charge is -2.31. The monoisotopic (exact) mass is 540 g/mol. The molecule has 0 radical (unpaired) electrons. The molecule has 1 aliphatic carbocycles. The molecule has 202 valence electrons. The highest BCUT2D eigenvalue weighted by atomic mass is 15.2. The molecule has 0 unspecified atom stereocenters. The molecule has 42 heavy (non-hydrogen) atoms. The Kier molecular flexibility index (Phi) is 8.01. The molecule has 5 aromatic carbocycles. The van der Waals surface area contributed by atoms with E-state index in [0.717, 1.165) is 45.7 Å². The number of hydrogen-bond donors (Lipinski definition) is 0. The second kappa shape index (κ2) is 12.5. The molecule has 0 aromatic heterocycles. The van der Waals surface area contributed by atoms with E-state index in [-0.39, 0.29) is 0 Å². The van der Waals surface area contributed by atoms with E-state index in [4.69, 9.17) is 0 Å². The molecule has 1 aliphatic rings. The van der Waals surface area contributed by atoms with Crippen LogP contribution in [0, 0.1) is 0 Å². The second-order valence-corrected chi connectivity index (χ2v) is 10.4. The summed E-state index contributed by atoms with van der Waals surface area (Å²) >= 11 is 0. The van der Waals surface area contributed by atoms with Gasteiger partial charge < -0.3 is 9.80 Å². The van der Waals surface area contributed by atoms with Gasteiger partial charge in [-0.25, -0.2) is 0 Å². The zero-order chi connectivity index (χ0) is 28.7. The third-order valence-corrected chi connectivity index (χ3v) is 7.45. The van der Waals surface area contributed by atoms with Gasteiger partial charge in [-0.3, -0.25) is 0 Å². The van der Waals surface area contributed by atoms with Crippen LogP contribution in [0.25, 0.3) is 11.4 Å². The highest BCUT2D eigenvalue weighted by Gasteiger charge is 2.20. The van der Waals surface area contributed by atoms with Crippen LogP contribution in [0.3, 0.4) is 0 Å². The molecular weight excluding hydrogens is 507 g/mol. The lowest BCUT2D eigenvalue weighted by Crippen LogP contribution is -2.40. The van der Waals surface area contributed by atoms with E-state index in [1.165, 1.54) is 16.4 Å². The van der Waals surface area contributed by atoms with Gasteiger partial charge in [0.2, 0.25) is 0 Å². The number of rotatable bonds is 6. The third kappa shape index (κ3) is 5.63. The Bertz CT molecular complexity index is 1780. The smallest absolute Gasteiger partial charge is 0.139 e. The lowest BCUT2D eigenvalue weighted by atomic mass is 9.92. The first-order chi connectivity index (χ1) is 20.7. The summed E-state index contributed by atoms with van der Waals surface area (Å²) in [6.45, 7) is 4.63. The quantitative estimate of drug-likeness (QED) is 0.216. The summed E-state index contributed by atoms with van der Waals surface area (Å²) in [7, 11) is 2.17. The predicted molar refractivity (Wildman–Crippen MR) is 183 cm³/mol. The first kappa shape index (κ1) is 26.9. The van der Waals surface area contributed by atoms with Crippen molar-refractivity contribution in [3.63, 3.8) is 0 Å². The van der Waals surface area contributed by atoms with Gasteiger partial charge in [-0.15, -0.1) is 0 Å². The van der Waals surface area contributed by atoms with Gasteiger partial charge in [0.05, 0.1) is 5.70 Å². The van der Waals surface area contributed by atoms with Crippen molar-refractivity contribution in [1.29, 1.82) is 0 Å². The highest BCUT2D eigenvalue weighted by molar-refractivity contribution is 6.32. The van der Waals surface area contributed by atoms with Gasteiger partial charge in [-0.2, -0.15) is 0 Å². The Balaban J connectivity index is 1.78. The summed E-state index contributed by atoms with van der Waals surface area (Å²) in [6, 6.07) is 49.2. The molecule has 0 amide bonds. The van der Waals surface area contributed by atoms with Crippen molar-refractivity contribution in [2.75, 3.05) is 9.80 Å². The number of hydrogen-bond acceptors (Lipinski definition) is 2. The van der Waals surface area contributed by atoms with E-state index in [1.807, 2.05) is 0 Å². The van der Waals surface area contributed by atoms with Crippen molar-refractivity contribution < 1.29 is 0 Å². The van der Waals surface area contributed by atoms with E-state index in [9.17, 15) is 0 Å². The number of benzene rings is 5. The molecule has 3 heteroatoms. The number of allylic oxidation sites excluding steroid dienone is 2. The summed E-state index contributed by atoms with van der Waals surface area (Å²) in [4.78, 5) is 4.73. The van der Waals surface area contributed by atoms with Gasteiger partial charge in [-0.05, 0) is 54.1 Å². The van der Waals surface area contributed by atoms with Crippen molar-refractivity contribution in [3.05, 3.63) is 186 Å². The SMILES string of the molecule is Bc1ccc2/c(c1)=C(/N(c1ccccc1)c1ccccc1)C/C=C\C=C/C(=C)/C=2N(c1ccccc1)c1ccccc1. The molecule has 0 saturated carbocycles. The van der Waals surface area contributed by atoms with Crippen LogP contribution < -0.4 is 25.7 Å². The third-order valence-electron chi connectivity index (χ3n) is 7.45. The maximum atomic E-state index is 4.63. The summed E-state index contributed by atoms with van der Waals surface area (Å²) in [5, 5.41) is 2.31. The van der Waals surface area contributed by atoms with Crippen LogP contribution in [0.15, 0.2) is 176 Å². The van der Waals surface area contributed by atoms with Crippen molar-refractivity contribution in [1.82, 2.24) is 0 Å². The molecular formula is C39H33BN2. The average Bonchev–Trinajstić information content (AvgIpc) is 3.04. The Hall–Kier alpha value is -5.28. The van der Waals surface area contributed by atoms with E-state index in [2.05, 4.69) is 188 Å². The Morgan fingerprint density at radius 2 is 1.00 bits per heavy atom. The average molecular weight is 541 g/mol. The summed E-state index contributed by atoms with van der Waals surface area (Å²) < 4.78 is 0. The summed E-state index contributed by atoms with van der Waals surface area (Å²) in [5.41, 5.74) is 8.79. The maximum Gasteiger partial charge on any atom is 0.139 e. The molecule has 5 aromatic rings. The van der Waals surface area contributed by atoms with Crippen molar-refractivity contribution in [2.45, 2.75) is 6.42 Å². The molecule has 0 spiro atoms. The van der Waals surface area contributed by atoms with E-state index >= 15 is 0 Å². The number of nitrogens with zero attached hydrogens (tertiary/aromatic N) is 2. The van der Waals surface area contributed by atoms with Crippen molar-refractivity contribution in [3.8, 4) is 0 Å². The van der Waals surface area contributed by atoms with Crippen LogP contribution in [0.1, 0.15) is 6.42 Å². The van der Waals surface area contributed by atoms with Crippen LogP contribution in [0.5, 0.6) is 0 Å². The fourth-order valence-corrected chi connectivity index (χ4v) is 5.55.